The number of hydrogen-bond acceptors (Lipinski definition) is 5. The number of sulfonamides is 1. The lowest BCUT2D eigenvalue weighted by Crippen LogP contribution is -2.12. The Morgan fingerprint density at radius 1 is 0.815 bits per heavy atom. The second-order valence-corrected chi connectivity index (χ2v) is 7.52. The number of nitrogens with one attached hydrogen (secondary N) is 2. The Kier molecular flexibility index (Phi) is 4.33. The van der Waals surface area contributed by atoms with E-state index >= 15 is 0 Å². The quantitative estimate of drug-likeness (QED) is 0.690. The molecule has 0 radical (unpaired) electrons. The van der Waals surface area contributed by atoms with Crippen LogP contribution in [0.2, 0.25) is 0 Å². The Morgan fingerprint density at radius 3 is 2.33 bits per heavy atom. The Hall–Kier alpha value is -3.26. The molecule has 0 aromatic heterocycles. The Bertz CT molecular complexity index is 1090. The van der Waals surface area contributed by atoms with Crippen molar-refractivity contribution in [1.29, 1.82) is 0 Å². The molecule has 1 aliphatic rings. The predicted molar refractivity (Wildman–Crippen MR) is 99.5 cm³/mol. The van der Waals surface area contributed by atoms with Crippen molar-refractivity contribution < 1.29 is 22.3 Å². The average molecular weight is 386 g/mol. The van der Waals surface area contributed by atoms with Crippen molar-refractivity contribution in [3.05, 3.63) is 72.5 Å². The fourth-order valence-corrected chi connectivity index (χ4v) is 3.69. The second kappa shape index (κ2) is 6.81. The van der Waals surface area contributed by atoms with Crippen LogP contribution in [0, 0.1) is 5.82 Å². The van der Waals surface area contributed by atoms with Crippen molar-refractivity contribution in [3.63, 3.8) is 0 Å². The first-order valence-electron chi connectivity index (χ1n) is 8.05. The number of ether oxygens (including phenoxy) is 2. The van der Waals surface area contributed by atoms with Crippen LogP contribution in [0.15, 0.2) is 71.6 Å². The highest BCUT2D eigenvalue weighted by atomic mass is 32.2. The highest BCUT2D eigenvalue weighted by Gasteiger charge is 2.20. The third kappa shape index (κ3) is 3.80. The van der Waals surface area contributed by atoms with Gasteiger partial charge in [-0.25, -0.2) is 12.8 Å². The third-order valence-electron chi connectivity index (χ3n) is 3.90. The lowest BCUT2D eigenvalue weighted by atomic mass is 10.2. The van der Waals surface area contributed by atoms with Gasteiger partial charge in [-0.1, -0.05) is 6.07 Å². The first kappa shape index (κ1) is 17.2. The summed E-state index contributed by atoms with van der Waals surface area (Å²) in [4.78, 5) is 0.0775. The number of anilines is 3. The van der Waals surface area contributed by atoms with Crippen LogP contribution in [0.25, 0.3) is 0 Å². The van der Waals surface area contributed by atoms with Gasteiger partial charge in [0, 0.05) is 23.1 Å². The number of rotatable bonds is 5. The van der Waals surface area contributed by atoms with Crippen molar-refractivity contribution >= 4 is 27.1 Å². The fraction of sp³-hybridized carbons (Fsp3) is 0.0526. The molecule has 2 N–H and O–H groups in total. The van der Waals surface area contributed by atoms with E-state index < -0.39 is 10.0 Å². The van der Waals surface area contributed by atoms with Gasteiger partial charge in [0.25, 0.3) is 10.0 Å². The molecule has 0 saturated carbocycles. The molecule has 0 amide bonds. The second-order valence-electron chi connectivity index (χ2n) is 5.83. The highest BCUT2D eigenvalue weighted by Crippen LogP contribution is 2.34. The maximum Gasteiger partial charge on any atom is 0.262 e. The Balaban J connectivity index is 1.49. The summed E-state index contributed by atoms with van der Waals surface area (Å²) in [6.45, 7) is 0.0754. The van der Waals surface area contributed by atoms with E-state index in [2.05, 4.69) is 10.0 Å². The van der Waals surface area contributed by atoms with Crippen molar-refractivity contribution in [2.45, 2.75) is 4.90 Å². The molecular formula is C19H15FN2O4S. The maximum atomic E-state index is 13.2. The van der Waals surface area contributed by atoms with Crippen LogP contribution in [0.1, 0.15) is 0 Å². The monoisotopic (exact) mass is 386 g/mol. The number of benzene rings is 3. The van der Waals surface area contributed by atoms with Gasteiger partial charge in [-0.05, 0) is 54.6 Å². The molecular weight excluding hydrogens is 371 g/mol. The topological polar surface area (TPSA) is 76.7 Å². The molecule has 0 aliphatic carbocycles. The zero-order valence-corrected chi connectivity index (χ0v) is 14.8. The third-order valence-corrected chi connectivity index (χ3v) is 5.28. The number of halogens is 1. The van der Waals surface area contributed by atoms with Crippen molar-refractivity contribution in [3.8, 4) is 11.5 Å². The molecule has 27 heavy (non-hydrogen) atoms. The lowest BCUT2D eigenvalue weighted by Gasteiger charge is -2.10. The van der Waals surface area contributed by atoms with Crippen LogP contribution in [0.5, 0.6) is 11.5 Å². The predicted octanol–water partition coefficient (Wildman–Crippen LogP) is 4.10. The molecule has 0 atom stereocenters. The van der Waals surface area contributed by atoms with Gasteiger partial charge in [0.2, 0.25) is 6.79 Å². The molecule has 3 aromatic carbocycles. The zero-order chi connectivity index (χ0) is 18.9. The SMILES string of the molecule is O=S(=O)(Nc1ccc(Nc2cccc(F)c2)cc1)c1ccc2c(c1)OCO2. The first-order valence-corrected chi connectivity index (χ1v) is 9.53. The number of hydrogen-bond donors (Lipinski definition) is 2. The van der Waals surface area contributed by atoms with Crippen LogP contribution in [-0.4, -0.2) is 15.2 Å². The summed E-state index contributed by atoms with van der Waals surface area (Å²) in [6.07, 6.45) is 0. The summed E-state index contributed by atoms with van der Waals surface area (Å²) in [5.41, 5.74) is 1.70. The van der Waals surface area contributed by atoms with Gasteiger partial charge in [0.05, 0.1) is 4.90 Å². The molecule has 6 nitrogen and oxygen atoms in total. The molecule has 8 heteroatoms. The zero-order valence-electron chi connectivity index (χ0n) is 14.0. The lowest BCUT2D eigenvalue weighted by molar-refractivity contribution is 0.174. The van der Waals surface area contributed by atoms with Gasteiger partial charge in [-0.3, -0.25) is 4.72 Å². The summed E-state index contributed by atoms with van der Waals surface area (Å²) >= 11 is 0. The van der Waals surface area contributed by atoms with Gasteiger partial charge in [-0.2, -0.15) is 0 Å². The van der Waals surface area contributed by atoms with Crippen LogP contribution in [0.4, 0.5) is 21.5 Å². The van der Waals surface area contributed by atoms with E-state index in [1.807, 2.05) is 0 Å². The Labute approximate surface area is 155 Å². The highest BCUT2D eigenvalue weighted by molar-refractivity contribution is 7.92. The van der Waals surface area contributed by atoms with E-state index in [0.717, 1.165) is 0 Å². The first-order chi connectivity index (χ1) is 13.0. The minimum Gasteiger partial charge on any atom is -0.454 e. The van der Waals surface area contributed by atoms with Gasteiger partial charge >= 0.3 is 0 Å². The van der Waals surface area contributed by atoms with Crippen LogP contribution in [0.3, 0.4) is 0 Å². The minimum absolute atomic E-state index is 0.0754. The Morgan fingerprint density at radius 2 is 1.56 bits per heavy atom. The van der Waals surface area contributed by atoms with E-state index in [1.165, 1.54) is 24.3 Å². The van der Waals surface area contributed by atoms with Crippen molar-refractivity contribution in [2.75, 3.05) is 16.8 Å². The van der Waals surface area contributed by atoms with E-state index in [4.69, 9.17) is 9.47 Å². The molecule has 0 fully saturated rings. The molecule has 4 rings (SSSR count). The van der Waals surface area contributed by atoms with E-state index in [0.29, 0.717) is 28.6 Å². The average Bonchev–Trinajstić information content (AvgIpc) is 3.11. The van der Waals surface area contributed by atoms with Crippen molar-refractivity contribution in [2.24, 2.45) is 0 Å². The van der Waals surface area contributed by atoms with E-state index in [1.54, 1.807) is 42.5 Å². The summed E-state index contributed by atoms with van der Waals surface area (Å²) in [6, 6.07) is 17.1. The molecule has 0 spiro atoms. The molecule has 0 bridgehead atoms. The van der Waals surface area contributed by atoms with Crippen LogP contribution >= 0.6 is 0 Å². The van der Waals surface area contributed by atoms with E-state index in [9.17, 15) is 12.8 Å². The molecule has 138 valence electrons. The molecule has 0 saturated heterocycles. The van der Waals surface area contributed by atoms with Gasteiger partial charge in [0.15, 0.2) is 11.5 Å². The van der Waals surface area contributed by atoms with Crippen LogP contribution < -0.4 is 19.5 Å². The normalized spacial score (nSPS) is 12.6. The molecule has 1 aliphatic heterocycles. The van der Waals surface area contributed by atoms with Crippen LogP contribution in [-0.2, 0) is 10.0 Å². The fourth-order valence-electron chi connectivity index (χ4n) is 2.61. The smallest absolute Gasteiger partial charge is 0.262 e. The number of fused-ring (bicyclic) bond motifs is 1. The van der Waals surface area contributed by atoms with Gasteiger partial charge in [0.1, 0.15) is 5.82 Å². The molecule has 1 heterocycles. The van der Waals surface area contributed by atoms with E-state index in [-0.39, 0.29) is 17.5 Å². The summed E-state index contributed by atoms with van der Waals surface area (Å²) in [5.74, 6) is 0.572. The van der Waals surface area contributed by atoms with Gasteiger partial charge in [-0.15, -0.1) is 0 Å². The molecule has 0 unspecified atom stereocenters. The standard InChI is InChI=1S/C19H15FN2O4S/c20-13-2-1-3-16(10-13)21-14-4-6-15(7-5-14)22-27(23,24)17-8-9-18-19(11-17)26-12-25-18/h1-11,21-22H,12H2. The van der Waals surface area contributed by atoms with Gasteiger partial charge < -0.3 is 14.8 Å². The molecule has 3 aromatic rings. The largest absolute Gasteiger partial charge is 0.454 e. The summed E-state index contributed by atoms with van der Waals surface area (Å²) in [7, 11) is -3.77. The summed E-state index contributed by atoms with van der Waals surface area (Å²) in [5, 5.41) is 3.05. The van der Waals surface area contributed by atoms with Crippen molar-refractivity contribution in [1.82, 2.24) is 0 Å². The maximum absolute atomic E-state index is 13.2. The summed E-state index contributed by atoms with van der Waals surface area (Å²) < 4.78 is 51.2. The minimum atomic E-state index is -3.77.